The average Bonchev–Trinajstić information content (AvgIpc) is 3.13. The summed E-state index contributed by atoms with van der Waals surface area (Å²) in [5.41, 5.74) is 1.73. The first kappa shape index (κ1) is 38.7. The van der Waals surface area contributed by atoms with Crippen LogP contribution in [0.5, 0.6) is 11.5 Å². The fourth-order valence-corrected chi connectivity index (χ4v) is 5.52. The van der Waals surface area contributed by atoms with Crippen LogP contribution in [-0.4, -0.2) is 89.5 Å². The molecule has 0 saturated heterocycles. The molecular formula is C40H54O9. The maximum Gasteiger partial charge on any atom is 0.141 e. The van der Waals surface area contributed by atoms with Gasteiger partial charge in [-0.2, -0.15) is 0 Å². The van der Waals surface area contributed by atoms with Crippen molar-refractivity contribution in [1.29, 1.82) is 0 Å². The van der Waals surface area contributed by atoms with E-state index in [2.05, 4.69) is 62.4 Å². The average molecular weight is 679 g/mol. The zero-order valence-electron chi connectivity index (χ0n) is 29.1. The third kappa shape index (κ3) is 12.0. The normalized spacial score (nSPS) is 12.9. The van der Waals surface area contributed by atoms with E-state index in [-0.39, 0.29) is 26.4 Å². The molecule has 49 heavy (non-hydrogen) atoms. The molecule has 268 valence electrons. The molecule has 0 aliphatic heterocycles. The molecule has 2 atom stereocenters. The van der Waals surface area contributed by atoms with Crippen LogP contribution >= 0.6 is 0 Å². The van der Waals surface area contributed by atoms with Crippen molar-refractivity contribution >= 4 is 21.5 Å². The molecule has 0 fully saturated rings. The minimum Gasteiger partial charge on any atom is -0.455 e. The first-order chi connectivity index (χ1) is 24.2. The van der Waals surface area contributed by atoms with Crippen molar-refractivity contribution in [2.45, 2.75) is 51.7 Å². The Morgan fingerprint density at radius 2 is 0.939 bits per heavy atom. The molecule has 0 bridgehead atoms. The molecular weight excluding hydrogens is 624 g/mol. The van der Waals surface area contributed by atoms with Crippen LogP contribution < -0.4 is 4.74 Å². The number of unbranched alkanes of at least 4 members (excludes halogenated alkanes) is 2. The molecule has 4 aromatic rings. The smallest absolute Gasteiger partial charge is 0.141 e. The highest BCUT2D eigenvalue weighted by Gasteiger charge is 2.25. The van der Waals surface area contributed by atoms with E-state index in [4.69, 9.17) is 43.4 Å². The molecule has 4 aromatic carbocycles. The second-order valence-electron chi connectivity index (χ2n) is 11.8. The summed E-state index contributed by atoms with van der Waals surface area (Å²) in [5, 5.41) is 22.3. The van der Waals surface area contributed by atoms with Crippen molar-refractivity contribution in [3.05, 3.63) is 83.9 Å². The zero-order chi connectivity index (χ0) is 34.5. The summed E-state index contributed by atoms with van der Waals surface area (Å²) in [6.45, 7) is 8.04. The largest absolute Gasteiger partial charge is 0.455 e. The molecule has 9 nitrogen and oxygen atoms in total. The van der Waals surface area contributed by atoms with Gasteiger partial charge in [0, 0.05) is 35.1 Å². The number of hydrogen-bond donors (Lipinski definition) is 2. The summed E-state index contributed by atoms with van der Waals surface area (Å²) in [6, 6.07) is 24.7. The zero-order valence-corrected chi connectivity index (χ0v) is 29.1. The first-order valence-electron chi connectivity index (χ1n) is 17.7. The minimum absolute atomic E-state index is 0.0381. The summed E-state index contributed by atoms with van der Waals surface area (Å²) in [5.74, 6) is 1.38. The van der Waals surface area contributed by atoms with Gasteiger partial charge in [0.1, 0.15) is 23.7 Å². The molecule has 0 spiro atoms. The second-order valence-corrected chi connectivity index (χ2v) is 11.8. The maximum absolute atomic E-state index is 9.15. The van der Waals surface area contributed by atoms with Crippen LogP contribution in [0.25, 0.3) is 21.5 Å². The lowest BCUT2D eigenvalue weighted by atomic mass is 9.99. The summed E-state index contributed by atoms with van der Waals surface area (Å²) < 4.78 is 43.3. The first-order valence-corrected chi connectivity index (χ1v) is 17.7. The number of hydrogen-bond acceptors (Lipinski definition) is 9. The summed E-state index contributed by atoms with van der Waals surface area (Å²) in [7, 11) is 0. The predicted molar refractivity (Wildman–Crippen MR) is 193 cm³/mol. The van der Waals surface area contributed by atoms with E-state index < -0.39 is 12.2 Å². The molecule has 2 unspecified atom stereocenters. The Morgan fingerprint density at radius 3 is 1.37 bits per heavy atom. The standard InChI is InChI=1S/C40H54O9/c1-3-5-21-45-29-37(47-27-25-43-23-19-41)35-17-15-31-11-7-9-13-33(31)39(35)49-40-34-14-10-8-12-32(34)16-18-36(40)38(30-46-22-6-4-2)48-28-26-44-24-20-42/h7-18,37-38,41-42H,3-6,19-30H2,1-2H3. The Labute approximate surface area is 291 Å². The third-order valence-corrected chi connectivity index (χ3v) is 8.11. The van der Waals surface area contributed by atoms with Crippen LogP contribution in [0.15, 0.2) is 72.8 Å². The second kappa shape index (κ2) is 22.6. The van der Waals surface area contributed by atoms with Crippen molar-refractivity contribution in [3.63, 3.8) is 0 Å². The predicted octanol–water partition coefficient (Wildman–Crippen LogP) is 7.55. The van der Waals surface area contributed by atoms with E-state index in [0.29, 0.717) is 64.4 Å². The van der Waals surface area contributed by atoms with Gasteiger partial charge in [-0.1, -0.05) is 99.5 Å². The van der Waals surface area contributed by atoms with Crippen molar-refractivity contribution in [1.82, 2.24) is 0 Å². The van der Waals surface area contributed by atoms with Gasteiger partial charge >= 0.3 is 0 Å². The van der Waals surface area contributed by atoms with Gasteiger partial charge in [-0.15, -0.1) is 0 Å². The number of benzene rings is 4. The molecule has 0 aliphatic rings. The third-order valence-electron chi connectivity index (χ3n) is 8.11. The van der Waals surface area contributed by atoms with Crippen LogP contribution in [0, 0.1) is 0 Å². The van der Waals surface area contributed by atoms with Crippen LogP contribution in [-0.2, 0) is 28.4 Å². The molecule has 9 heteroatoms. The summed E-state index contributed by atoms with van der Waals surface area (Å²) in [4.78, 5) is 0. The minimum atomic E-state index is -0.430. The number of ether oxygens (including phenoxy) is 7. The molecule has 0 aromatic heterocycles. The van der Waals surface area contributed by atoms with E-state index in [1.54, 1.807) is 0 Å². The van der Waals surface area contributed by atoms with Crippen LogP contribution in [0.3, 0.4) is 0 Å². The molecule has 0 heterocycles. The highest BCUT2D eigenvalue weighted by Crippen LogP contribution is 2.43. The lowest BCUT2D eigenvalue weighted by Gasteiger charge is -2.26. The van der Waals surface area contributed by atoms with Gasteiger partial charge in [0.25, 0.3) is 0 Å². The van der Waals surface area contributed by atoms with Crippen LogP contribution in [0.4, 0.5) is 0 Å². The van der Waals surface area contributed by atoms with E-state index in [1.807, 2.05) is 24.3 Å². The Morgan fingerprint density at radius 1 is 0.490 bits per heavy atom. The van der Waals surface area contributed by atoms with Gasteiger partial charge in [-0.3, -0.25) is 0 Å². The number of aliphatic hydroxyl groups excluding tert-OH is 2. The Hall–Kier alpha value is -3.12. The van der Waals surface area contributed by atoms with Gasteiger partial charge in [0.05, 0.1) is 66.1 Å². The van der Waals surface area contributed by atoms with Gasteiger partial charge in [0.2, 0.25) is 0 Å². The lowest BCUT2D eigenvalue weighted by Crippen LogP contribution is -2.18. The number of aliphatic hydroxyl groups is 2. The van der Waals surface area contributed by atoms with Crippen LogP contribution in [0.1, 0.15) is 62.9 Å². The Kier molecular flexibility index (Phi) is 17.8. The van der Waals surface area contributed by atoms with E-state index in [9.17, 15) is 0 Å². The fraction of sp³-hybridized carbons (Fsp3) is 0.500. The molecule has 0 radical (unpaired) electrons. The molecule has 0 aliphatic carbocycles. The van der Waals surface area contributed by atoms with Crippen molar-refractivity contribution in [2.75, 3.05) is 79.3 Å². The number of rotatable bonds is 26. The number of fused-ring (bicyclic) bond motifs is 2. The monoisotopic (exact) mass is 678 g/mol. The van der Waals surface area contributed by atoms with E-state index >= 15 is 0 Å². The summed E-state index contributed by atoms with van der Waals surface area (Å²) in [6.07, 6.45) is 3.13. The highest BCUT2D eigenvalue weighted by atomic mass is 16.6. The molecule has 4 rings (SSSR count). The van der Waals surface area contributed by atoms with Crippen molar-refractivity contribution in [2.24, 2.45) is 0 Å². The fourth-order valence-electron chi connectivity index (χ4n) is 5.52. The lowest BCUT2D eigenvalue weighted by molar-refractivity contribution is -0.0442. The van der Waals surface area contributed by atoms with Gasteiger partial charge < -0.3 is 43.4 Å². The quantitative estimate of drug-likeness (QED) is 0.0652. The van der Waals surface area contributed by atoms with Gasteiger partial charge in [-0.25, -0.2) is 0 Å². The molecule has 2 N–H and O–H groups in total. The Balaban J connectivity index is 1.78. The molecule has 0 amide bonds. The van der Waals surface area contributed by atoms with E-state index in [0.717, 1.165) is 58.4 Å². The highest BCUT2D eigenvalue weighted by molar-refractivity contribution is 5.93. The van der Waals surface area contributed by atoms with Gasteiger partial charge in [-0.05, 0) is 23.6 Å². The summed E-state index contributed by atoms with van der Waals surface area (Å²) >= 11 is 0. The van der Waals surface area contributed by atoms with Crippen LogP contribution in [0.2, 0.25) is 0 Å². The van der Waals surface area contributed by atoms with E-state index in [1.165, 1.54) is 0 Å². The SMILES string of the molecule is CCCCOCC(OCCOCCO)c1ccc2ccccc2c1Oc1c(C(COCCCC)OCCOCCO)ccc2ccccc12. The topological polar surface area (TPSA) is 105 Å². The van der Waals surface area contributed by atoms with Crippen molar-refractivity contribution in [3.8, 4) is 11.5 Å². The van der Waals surface area contributed by atoms with Gasteiger partial charge in [0.15, 0.2) is 0 Å². The maximum atomic E-state index is 9.15. The van der Waals surface area contributed by atoms with Crippen molar-refractivity contribution < 1.29 is 43.4 Å². The Bertz CT molecular complexity index is 1380. The molecule has 0 saturated carbocycles.